The highest BCUT2D eigenvalue weighted by atomic mass is 35.5. The molecule has 3 aromatic heterocycles. The Kier molecular flexibility index (Phi) is 6.91. The van der Waals surface area contributed by atoms with E-state index in [0.29, 0.717) is 18.5 Å². The summed E-state index contributed by atoms with van der Waals surface area (Å²) in [6.45, 7) is 3.83. The fourth-order valence-electron chi connectivity index (χ4n) is 3.68. The molecule has 0 radical (unpaired) electrons. The Morgan fingerprint density at radius 2 is 2.00 bits per heavy atom. The average Bonchev–Trinajstić information content (AvgIpc) is 3.29. The fourth-order valence-corrected chi connectivity index (χ4v) is 3.68. The molecule has 1 N–H and O–H groups in total. The van der Waals surface area contributed by atoms with Gasteiger partial charge in [0.25, 0.3) is 5.56 Å². The lowest BCUT2D eigenvalue weighted by molar-refractivity contribution is 0.516. The first-order chi connectivity index (χ1) is 13.8. The molecule has 158 valence electrons. The maximum absolute atomic E-state index is 12.7. The van der Waals surface area contributed by atoms with Gasteiger partial charge in [-0.15, -0.1) is 24.8 Å². The van der Waals surface area contributed by atoms with Crippen molar-refractivity contribution in [1.82, 2.24) is 34.4 Å². The van der Waals surface area contributed by atoms with E-state index in [2.05, 4.69) is 26.1 Å². The van der Waals surface area contributed by atoms with Crippen LogP contribution in [0.3, 0.4) is 0 Å². The van der Waals surface area contributed by atoms with Crippen LogP contribution in [-0.2, 0) is 26.2 Å². The Morgan fingerprint density at radius 3 is 2.90 bits per heavy atom. The SMILES string of the molecule is Cl.Cl.O=c1c2ccccc2cnn1CCn1ccnc1-c1cc2n(n1)CCCNC2. The van der Waals surface area contributed by atoms with Gasteiger partial charge in [0.2, 0.25) is 0 Å². The number of halogens is 2. The molecular formula is C20H23Cl2N7O. The molecule has 1 aliphatic heterocycles. The first-order valence-electron chi connectivity index (χ1n) is 9.53. The highest BCUT2D eigenvalue weighted by molar-refractivity contribution is 5.85. The lowest BCUT2D eigenvalue weighted by Gasteiger charge is -2.08. The number of nitrogens with zero attached hydrogens (tertiary/aromatic N) is 6. The molecule has 1 aliphatic rings. The number of hydrogen-bond acceptors (Lipinski definition) is 5. The van der Waals surface area contributed by atoms with Crippen LogP contribution in [0.1, 0.15) is 12.1 Å². The number of aryl methyl sites for hydroxylation is 3. The summed E-state index contributed by atoms with van der Waals surface area (Å²) in [6, 6.07) is 9.62. The summed E-state index contributed by atoms with van der Waals surface area (Å²) in [5.41, 5.74) is 1.97. The molecule has 0 fully saturated rings. The smallest absolute Gasteiger partial charge is 0.274 e. The minimum Gasteiger partial charge on any atom is -0.328 e. The van der Waals surface area contributed by atoms with Crippen LogP contribution in [0.25, 0.3) is 22.3 Å². The Bertz CT molecular complexity index is 1170. The summed E-state index contributed by atoms with van der Waals surface area (Å²) in [5.74, 6) is 0.814. The maximum atomic E-state index is 12.7. The third-order valence-electron chi connectivity index (χ3n) is 5.15. The molecule has 0 atom stereocenters. The summed E-state index contributed by atoms with van der Waals surface area (Å²) in [5, 5.41) is 14.0. The third-order valence-corrected chi connectivity index (χ3v) is 5.15. The summed E-state index contributed by atoms with van der Waals surface area (Å²) >= 11 is 0. The van der Waals surface area contributed by atoms with Gasteiger partial charge in [0.1, 0.15) is 5.69 Å². The molecule has 30 heavy (non-hydrogen) atoms. The topological polar surface area (TPSA) is 82.6 Å². The molecule has 0 aliphatic carbocycles. The van der Waals surface area contributed by atoms with E-state index in [1.165, 1.54) is 10.4 Å². The molecule has 8 nitrogen and oxygen atoms in total. The molecule has 4 aromatic rings. The Hall–Kier alpha value is -2.68. The molecular weight excluding hydrogens is 425 g/mol. The number of hydrogen-bond donors (Lipinski definition) is 1. The van der Waals surface area contributed by atoms with E-state index in [9.17, 15) is 4.79 Å². The van der Waals surface area contributed by atoms with E-state index < -0.39 is 0 Å². The summed E-state index contributed by atoms with van der Waals surface area (Å²) in [4.78, 5) is 17.2. The molecule has 0 spiro atoms. The summed E-state index contributed by atoms with van der Waals surface area (Å²) in [7, 11) is 0. The largest absolute Gasteiger partial charge is 0.328 e. The molecule has 4 heterocycles. The summed E-state index contributed by atoms with van der Waals surface area (Å²) in [6.07, 6.45) is 6.50. The van der Waals surface area contributed by atoms with Gasteiger partial charge in [-0.25, -0.2) is 9.67 Å². The predicted molar refractivity (Wildman–Crippen MR) is 120 cm³/mol. The Labute approximate surface area is 185 Å². The lowest BCUT2D eigenvalue weighted by Crippen LogP contribution is -2.24. The fraction of sp³-hybridized carbons (Fsp3) is 0.300. The van der Waals surface area contributed by atoms with Gasteiger partial charge in [-0.3, -0.25) is 9.48 Å². The van der Waals surface area contributed by atoms with E-state index in [-0.39, 0.29) is 30.4 Å². The summed E-state index contributed by atoms with van der Waals surface area (Å²) < 4.78 is 5.60. The lowest BCUT2D eigenvalue weighted by atomic mass is 10.2. The van der Waals surface area contributed by atoms with Crippen molar-refractivity contribution in [2.45, 2.75) is 32.6 Å². The van der Waals surface area contributed by atoms with E-state index in [4.69, 9.17) is 5.10 Å². The van der Waals surface area contributed by atoms with Gasteiger partial charge in [0.05, 0.1) is 23.8 Å². The molecule has 1 aromatic carbocycles. The van der Waals surface area contributed by atoms with Gasteiger partial charge in [0.15, 0.2) is 5.82 Å². The van der Waals surface area contributed by atoms with Gasteiger partial charge >= 0.3 is 0 Å². The number of imidazole rings is 1. The normalized spacial score (nSPS) is 13.2. The number of nitrogens with one attached hydrogen (secondary N) is 1. The van der Waals surface area contributed by atoms with Crippen molar-refractivity contribution in [3.8, 4) is 11.5 Å². The van der Waals surface area contributed by atoms with Crippen LogP contribution in [0.5, 0.6) is 0 Å². The molecule has 0 saturated carbocycles. The molecule has 0 saturated heterocycles. The van der Waals surface area contributed by atoms with Gasteiger partial charge in [-0.1, -0.05) is 18.2 Å². The van der Waals surface area contributed by atoms with E-state index in [0.717, 1.165) is 43.0 Å². The van der Waals surface area contributed by atoms with Gasteiger partial charge in [-0.05, 0) is 25.1 Å². The van der Waals surface area contributed by atoms with Crippen molar-refractivity contribution in [2.75, 3.05) is 6.54 Å². The minimum absolute atomic E-state index is 0. The second-order valence-corrected chi connectivity index (χ2v) is 6.98. The van der Waals surface area contributed by atoms with Crippen molar-refractivity contribution < 1.29 is 0 Å². The Morgan fingerprint density at radius 1 is 1.13 bits per heavy atom. The molecule has 10 heteroatoms. The second kappa shape index (κ2) is 9.42. The second-order valence-electron chi connectivity index (χ2n) is 6.98. The monoisotopic (exact) mass is 447 g/mol. The maximum Gasteiger partial charge on any atom is 0.274 e. The Balaban J connectivity index is 0.00000128. The number of benzene rings is 1. The van der Waals surface area contributed by atoms with Crippen LogP contribution >= 0.6 is 24.8 Å². The number of rotatable bonds is 4. The highest BCUT2D eigenvalue weighted by Crippen LogP contribution is 2.19. The van der Waals surface area contributed by atoms with Crippen LogP contribution in [0.15, 0.2) is 53.7 Å². The molecule has 5 rings (SSSR count). The number of aromatic nitrogens is 6. The first kappa shape index (κ1) is 22.0. The molecule has 0 unspecified atom stereocenters. The van der Waals surface area contributed by atoms with Crippen LogP contribution in [0.2, 0.25) is 0 Å². The standard InChI is InChI=1S/C20H21N7O.2ClH/c28-20-17-5-2-1-4-15(17)13-23-27(20)11-10-25-9-7-22-19(25)18-12-16-14-21-6-3-8-26(16)24-18;;/h1-2,4-5,7,9,12-13,21H,3,6,8,10-11,14H2;2*1H. The van der Waals surface area contributed by atoms with Gasteiger partial charge in [-0.2, -0.15) is 10.2 Å². The van der Waals surface area contributed by atoms with E-state index >= 15 is 0 Å². The molecule has 0 amide bonds. The predicted octanol–water partition coefficient (Wildman–Crippen LogP) is 2.49. The van der Waals surface area contributed by atoms with Gasteiger partial charge in [0, 0.05) is 37.4 Å². The van der Waals surface area contributed by atoms with E-state index in [1.54, 1.807) is 12.4 Å². The van der Waals surface area contributed by atoms with E-state index in [1.807, 2.05) is 35.0 Å². The average molecular weight is 448 g/mol. The first-order valence-corrected chi connectivity index (χ1v) is 9.53. The third kappa shape index (κ3) is 4.12. The zero-order valence-corrected chi connectivity index (χ0v) is 17.9. The van der Waals surface area contributed by atoms with Crippen LogP contribution < -0.4 is 10.9 Å². The van der Waals surface area contributed by atoms with Crippen molar-refractivity contribution in [3.63, 3.8) is 0 Å². The van der Waals surface area contributed by atoms with Crippen molar-refractivity contribution >= 4 is 35.6 Å². The number of fused-ring (bicyclic) bond motifs is 2. The molecule has 0 bridgehead atoms. The van der Waals surface area contributed by atoms with Gasteiger partial charge < -0.3 is 9.88 Å². The van der Waals surface area contributed by atoms with Crippen molar-refractivity contribution in [1.29, 1.82) is 0 Å². The zero-order chi connectivity index (χ0) is 18.9. The highest BCUT2D eigenvalue weighted by Gasteiger charge is 2.15. The van der Waals surface area contributed by atoms with Crippen LogP contribution in [0.4, 0.5) is 0 Å². The van der Waals surface area contributed by atoms with Crippen molar-refractivity contribution in [3.05, 3.63) is 65.0 Å². The quantitative estimate of drug-likeness (QED) is 0.519. The van der Waals surface area contributed by atoms with Crippen LogP contribution in [-0.4, -0.2) is 35.7 Å². The van der Waals surface area contributed by atoms with Crippen molar-refractivity contribution in [2.24, 2.45) is 0 Å². The van der Waals surface area contributed by atoms with Crippen LogP contribution in [0, 0.1) is 0 Å². The minimum atomic E-state index is -0.0699. The zero-order valence-electron chi connectivity index (χ0n) is 16.3.